The largest absolute Gasteiger partial charge is 0.383 e. The zero-order valence-electron chi connectivity index (χ0n) is 15.1. The van der Waals surface area contributed by atoms with Gasteiger partial charge >= 0.3 is 0 Å². The summed E-state index contributed by atoms with van der Waals surface area (Å²) >= 11 is 0. The first-order valence-corrected chi connectivity index (χ1v) is 7.95. The lowest BCUT2D eigenvalue weighted by atomic mass is 9.93. The van der Waals surface area contributed by atoms with Crippen molar-refractivity contribution in [3.8, 4) is 0 Å². The maximum atomic E-state index is 12.4. The molecular formula is C17H25N3O4. The first-order chi connectivity index (χ1) is 11.1. The molecule has 0 fully saturated rings. The normalized spacial score (nSPS) is 16.5. The molecule has 0 radical (unpaired) electrons. The summed E-state index contributed by atoms with van der Waals surface area (Å²) in [4.78, 5) is 23.6. The van der Waals surface area contributed by atoms with Crippen LogP contribution in [0.15, 0.2) is 0 Å². The number of hydrogen-bond donors (Lipinski definition) is 2. The van der Waals surface area contributed by atoms with Crippen LogP contribution in [0.3, 0.4) is 0 Å². The fourth-order valence-corrected chi connectivity index (χ4v) is 3.02. The predicted molar refractivity (Wildman–Crippen MR) is 93.6 cm³/mol. The van der Waals surface area contributed by atoms with E-state index in [2.05, 4.69) is 10.6 Å². The number of anilines is 2. The molecule has 1 aliphatic heterocycles. The Balaban J connectivity index is 2.58. The van der Waals surface area contributed by atoms with E-state index in [1.54, 1.807) is 21.0 Å². The molecule has 1 aliphatic rings. The van der Waals surface area contributed by atoms with E-state index in [0.717, 1.165) is 11.3 Å². The standard InChI is InChI=1S/C17H25N3O4/c1-9-12-7-11(8-24-6)18-14(12)13(10(2)15(9)20(22)23)19-16(21)17(3,4)5/h11,18H,7-8H2,1-6H3,(H,19,21). The second-order valence-corrected chi connectivity index (χ2v) is 7.29. The molecule has 0 saturated carbocycles. The van der Waals surface area contributed by atoms with E-state index in [1.165, 1.54) is 0 Å². The number of hydrogen-bond acceptors (Lipinski definition) is 5. The van der Waals surface area contributed by atoms with Crippen LogP contribution in [0.2, 0.25) is 0 Å². The van der Waals surface area contributed by atoms with Crippen LogP contribution in [0.25, 0.3) is 0 Å². The molecule has 2 rings (SSSR count). The fourth-order valence-electron chi connectivity index (χ4n) is 3.02. The maximum Gasteiger partial charge on any atom is 0.277 e. The van der Waals surface area contributed by atoms with Crippen LogP contribution in [0.1, 0.15) is 37.5 Å². The Kier molecular flexibility index (Phi) is 4.85. The van der Waals surface area contributed by atoms with Gasteiger partial charge in [-0.05, 0) is 25.8 Å². The van der Waals surface area contributed by atoms with Gasteiger partial charge in [-0.2, -0.15) is 0 Å². The Bertz CT molecular complexity index is 692. The molecule has 132 valence electrons. The van der Waals surface area contributed by atoms with Crippen LogP contribution in [0.5, 0.6) is 0 Å². The number of nitrogens with one attached hydrogen (secondary N) is 2. The summed E-state index contributed by atoms with van der Waals surface area (Å²) in [6, 6.07) is 0.0374. The lowest BCUT2D eigenvalue weighted by Gasteiger charge is -2.22. The van der Waals surface area contributed by atoms with Crippen LogP contribution >= 0.6 is 0 Å². The van der Waals surface area contributed by atoms with Crippen molar-refractivity contribution in [2.45, 2.75) is 47.1 Å². The monoisotopic (exact) mass is 335 g/mol. The Hall–Kier alpha value is -2.15. The fraction of sp³-hybridized carbons (Fsp3) is 0.588. The smallest absolute Gasteiger partial charge is 0.277 e. The third-order valence-corrected chi connectivity index (χ3v) is 4.36. The van der Waals surface area contributed by atoms with Gasteiger partial charge in [-0.3, -0.25) is 14.9 Å². The minimum absolute atomic E-state index is 0.0374. The second kappa shape index (κ2) is 6.39. The summed E-state index contributed by atoms with van der Waals surface area (Å²) in [5, 5.41) is 17.8. The van der Waals surface area contributed by atoms with Crippen molar-refractivity contribution in [1.29, 1.82) is 0 Å². The molecule has 0 bridgehead atoms. The second-order valence-electron chi connectivity index (χ2n) is 7.29. The van der Waals surface area contributed by atoms with Crippen molar-refractivity contribution >= 4 is 23.0 Å². The molecule has 2 N–H and O–H groups in total. The van der Waals surface area contributed by atoms with Crippen LogP contribution in [-0.4, -0.2) is 30.6 Å². The number of benzene rings is 1. The van der Waals surface area contributed by atoms with E-state index < -0.39 is 5.41 Å². The van der Waals surface area contributed by atoms with Gasteiger partial charge in [0.2, 0.25) is 5.91 Å². The predicted octanol–water partition coefficient (Wildman–Crippen LogP) is 3.18. The molecule has 1 heterocycles. The average molecular weight is 335 g/mol. The highest BCUT2D eigenvalue weighted by Crippen LogP contribution is 2.44. The van der Waals surface area contributed by atoms with E-state index >= 15 is 0 Å². The van der Waals surface area contributed by atoms with E-state index in [0.29, 0.717) is 29.8 Å². The molecule has 0 saturated heterocycles. The van der Waals surface area contributed by atoms with Crippen molar-refractivity contribution in [3.63, 3.8) is 0 Å². The lowest BCUT2D eigenvalue weighted by molar-refractivity contribution is -0.386. The molecular weight excluding hydrogens is 310 g/mol. The van der Waals surface area contributed by atoms with E-state index in [1.807, 2.05) is 20.8 Å². The zero-order chi connectivity index (χ0) is 18.2. The summed E-state index contributed by atoms with van der Waals surface area (Å²) in [5.74, 6) is -0.178. The van der Waals surface area contributed by atoms with Crippen LogP contribution in [0, 0.1) is 29.4 Å². The first kappa shape index (κ1) is 18.2. The quantitative estimate of drug-likeness (QED) is 0.651. The highest BCUT2D eigenvalue weighted by Gasteiger charge is 2.34. The highest BCUT2D eigenvalue weighted by molar-refractivity contribution is 6.00. The number of methoxy groups -OCH3 is 1. The summed E-state index contributed by atoms with van der Waals surface area (Å²) in [6.07, 6.45) is 0.633. The van der Waals surface area contributed by atoms with Gasteiger partial charge in [-0.15, -0.1) is 0 Å². The van der Waals surface area contributed by atoms with Crippen molar-refractivity contribution < 1.29 is 14.5 Å². The molecule has 1 unspecified atom stereocenters. The molecule has 0 aliphatic carbocycles. The Morgan fingerprint density at radius 3 is 2.50 bits per heavy atom. The van der Waals surface area contributed by atoms with E-state index in [4.69, 9.17) is 4.74 Å². The molecule has 0 aromatic heterocycles. The first-order valence-electron chi connectivity index (χ1n) is 7.95. The molecule has 7 nitrogen and oxygen atoms in total. The summed E-state index contributed by atoms with van der Waals surface area (Å²) in [6.45, 7) is 9.35. The van der Waals surface area contributed by atoms with Crippen molar-refractivity contribution in [1.82, 2.24) is 0 Å². The lowest BCUT2D eigenvalue weighted by Crippen LogP contribution is -2.28. The van der Waals surface area contributed by atoms with Gasteiger partial charge in [0.05, 0.1) is 34.5 Å². The molecule has 1 atom stereocenters. The average Bonchev–Trinajstić information content (AvgIpc) is 2.86. The van der Waals surface area contributed by atoms with Gasteiger partial charge in [-0.1, -0.05) is 20.8 Å². The van der Waals surface area contributed by atoms with Gasteiger partial charge in [0.25, 0.3) is 5.69 Å². The van der Waals surface area contributed by atoms with E-state index in [-0.39, 0.29) is 22.6 Å². The van der Waals surface area contributed by atoms with Crippen molar-refractivity contribution in [3.05, 3.63) is 26.8 Å². The number of carbonyl (C=O) groups is 1. The third-order valence-electron chi connectivity index (χ3n) is 4.36. The van der Waals surface area contributed by atoms with Gasteiger partial charge in [0, 0.05) is 18.1 Å². The number of amides is 1. The number of carbonyl (C=O) groups excluding carboxylic acids is 1. The van der Waals surface area contributed by atoms with Gasteiger partial charge in [0.1, 0.15) is 0 Å². The SMILES string of the molecule is COCC1Cc2c(C)c([N+](=O)[O-])c(C)c(NC(=O)C(C)(C)C)c2N1. The molecule has 1 aromatic rings. The van der Waals surface area contributed by atoms with Crippen LogP contribution in [0.4, 0.5) is 17.1 Å². The van der Waals surface area contributed by atoms with Crippen LogP contribution in [-0.2, 0) is 16.0 Å². The number of rotatable bonds is 4. The number of nitrogens with zero attached hydrogens (tertiary/aromatic N) is 1. The number of nitro groups is 1. The summed E-state index contributed by atoms with van der Waals surface area (Å²) < 4.78 is 5.20. The highest BCUT2D eigenvalue weighted by atomic mass is 16.6. The Labute approximate surface area is 141 Å². The summed E-state index contributed by atoms with van der Waals surface area (Å²) in [5.41, 5.74) is 2.74. The van der Waals surface area contributed by atoms with Gasteiger partial charge < -0.3 is 15.4 Å². The molecule has 0 spiro atoms. The molecule has 7 heteroatoms. The topological polar surface area (TPSA) is 93.5 Å². The van der Waals surface area contributed by atoms with Crippen molar-refractivity contribution in [2.24, 2.45) is 5.41 Å². The molecule has 24 heavy (non-hydrogen) atoms. The minimum atomic E-state index is -0.594. The number of fused-ring (bicyclic) bond motifs is 1. The number of ether oxygens (including phenoxy) is 1. The Morgan fingerprint density at radius 2 is 2.00 bits per heavy atom. The Morgan fingerprint density at radius 1 is 1.38 bits per heavy atom. The zero-order valence-corrected chi connectivity index (χ0v) is 15.1. The number of nitro benzene ring substituents is 1. The van der Waals surface area contributed by atoms with Crippen LogP contribution < -0.4 is 10.6 Å². The van der Waals surface area contributed by atoms with Crippen molar-refractivity contribution in [2.75, 3.05) is 24.4 Å². The van der Waals surface area contributed by atoms with E-state index in [9.17, 15) is 14.9 Å². The molecule has 1 aromatic carbocycles. The molecule has 1 amide bonds. The van der Waals surface area contributed by atoms with Gasteiger partial charge in [0.15, 0.2) is 0 Å². The maximum absolute atomic E-state index is 12.4. The summed E-state index contributed by atoms with van der Waals surface area (Å²) in [7, 11) is 1.62. The van der Waals surface area contributed by atoms with Gasteiger partial charge in [-0.25, -0.2) is 0 Å². The minimum Gasteiger partial charge on any atom is -0.383 e. The third kappa shape index (κ3) is 3.21.